The Hall–Kier alpha value is -3.49. The Kier molecular flexibility index (Phi) is 9.52. The molecule has 1 aliphatic carbocycles. The number of piperazine rings is 1. The highest BCUT2D eigenvalue weighted by Crippen LogP contribution is 2.24. The molecule has 2 aliphatic rings. The lowest BCUT2D eigenvalue weighted by Crippen LogP contribution is -2.55. The number of hydrogen-bond donors (Lipinski definition) is 2. The Bertz CT molecular complexity index is 1350. The first-order valence-electron chi connectivity index (χ1n) is 15.1. The fraction of sp³-hybridized carbons (Fsp3) is 0.485. The summed E-state index contributed by atoms with van der Waals surface area (Å²) in [6, 6.07) is 15.5. The molecule has 0 bridgehead atoms. The van der Waals surface area contributed by atoms with Crippen molar-refractivity contribution in [2.75, 3.05) is 32.7 Å². The number of fused-ring (bicyclic) bond motifs is 1. The van der Waals surface area contributed by atoms with Crippen molar-refractivity contribution < 1.29 is 14.4 Å². The summed E-state index contributed by atoms with van der Waals surface area (Å²) in [5, 5.41) is 4.03. The number of carbonyl (C=O) groups excluding carboxylic acids is 3. The van der Waals surface area contributed by atoms with Gasteiger partial charge in [-0.05, 0) is 42.5 Å². The van der Waals surface area contributed by atoms with Crippen molar-refractivity contribution in [3.05, 3.63) is 71.4 Å². The molecule has 1 atom stereocenters. The number of rotatable bonds is 9. The largest absolute Gasteiger partial charge is 0.361 e. The van der Waals surface area contributed by atoms with Crippen LogP contribution in [0.25, 0.3) is 10.9 Å². The third kappa shape index (κ3) is 7.24. The number of imide groups is 1. The molecule has 0 radical (unpaired) electrons. The van der Waals surface area contributed by atoms with Crippen LogP contribution < -0.4 is 5.32 Å². The van der Waals surface area contributed by atoms with E-state index in [1.807, 2.05) is 61.7 Å². The van der Waals surface area contributed by atoms with Gasteiger partial charge in [-0.2, -0.15) is 0 Å². The van der Waals surface area contributed by atoms with Gasteiger partial charge in [0.05, 0.1) is 13.1 Å². The molecule has 8 nitrogen and oxygen atoms in total. The van der Waals surface area contributed by atoms with Crippen LogP contribution in [0.4, 0.5) is 0 Å². The Morgan fingerprint density at radius 3 is 2.39 bits per heavy atom. The normalized spacial score (nSPS) is 17.8. The van der Waals surface area contributed by atoms with E-state index in [9.17, 15) is 14.4 Å². The molecule has 3 aromatic rings. The SMILES string of the molecule is CC(=O)N(Cc1ccccc1C)C(=O)C(Cc1c[nH]c2ccccc12)NC(=O)CN1CCN(C2CCCCC2)CC1. The van der Waals surface area contributed by atoms with Crippen LogP contribution in [0.2, 0.25) is 0 Å². The molecular weight excluding hydrogens is 514 g/mol. The lowest BCUT2D eigenvalue weighted by atomic mass is 9.94. The first-order chi connectivity index (χ1) is 19.9. The number of hydrogen-bond acceptors (Lipinski definition) is 5. The molecule has 1 saturated carbocycles. The number of benzene rings is 2. The number of carbonyl (C=O) groups is 3. The Morgan fingerprint density at radius 2 is 1.66 bits per heavy atom. The lowest BCUT2D eigenvalue weighted by molar-refractivity contribution is -0.147. The molecule has 0 spiro atoms. The maximum Gasteiger partial charge on any atom is 0.252 e. The third-order valence-corrected chi connectivity index (χ3v) is 8.83. The van der Waals surface area contributed by atoms with Crippen LogP contribution >= 0.6 is 0 Å². The molecule has 1 saturated heterocycles. The van der Waals surface area contributed by atoms with Gasteiger partial charge in [0.15, 0.2) is 0 Å². The second-order valence-electron chi connectivity index (χ2n) is 11.7. The minimum absolute atomic E-state index is 0.171. The lowest BCUT2D eigenvalue weighted by Gasteiger charge is -2.40. The van der Waals surface area contributed by atoms with Gasteiger partial charge in [0.25, 0.3) is 5.91 Å². The summed E-state index contributed by atoms with van der Waals surface area (Å²) >= 11 is 0. The van der Waals surface area contributed by atoms with Crippen molar-refractivity contribution in [2.24, 2.45) is 0 Å². The van der Waals surface area contributed by atoms with Gasteiger partial charge < -0.3 is 10.3 Å². The van der Waals surface area contributed by atoms with E-state index in [4.69, 9.17) is 0 Å². The van der Waals surface area contributed by atoms with Crippen molar-refractivity contribution in [3.8, 4) is 0 Å². The molecule has 41 heavy (non-hydrogen) atoms. The van der Waals surface area contributed by atoms with Gasteiger partial charge in [0.2, 0.25) is 11.8 Å². The van der Waals surface area contributed by atoms with Crippen LogP contribution in [0.1, 0.15) is 55.7 Å². The number of aromatic nitrogens is 1. The highest BCUT2D eigenvalue weighted by atomic mass is 16.2. The van der Waals surface area contributed by atoms with Crippen molar-refractivity contribution >= 4 is 28.6 Å². The Morgan fingerprint density at radius 1 is 0.951 bits per heavy atom. The van der Waals surface area contributed by atoms with Crippen LogP contribution in [-0.4, -0.2) is 82.2 Å². The summed E-state index contributed by atoms with van der Waals surface area (Å²) in [6.45, 7) is 7.44. The standard InChI is InChI=1S/C33H43N5O3/c1-24-10-6-7-11-26(24)22-38(25(2)39)33(41)31(20-27-21-34-30-15-9-8-14-29(27)30)35-32(40)23-36-16-18-37(19-17-36)28-12-4-3-5-13-28/h6-11,14-15,21,28,31,34H,3-5,12-13,16-20,22-23H2,1-2H3,(H,35,40). The molecule has 1 unspecified atom stereocenters. The molecular formula is C33H43N5O3. The van der Waals surface area contributed by atoms with Gasteiger partial charge in [-0.1, -0.05) is 61.7 Å². The summed E-state index contributed by atoms with van der Waals surface area (Å²) in [6.07, 6.45) is 8.74. The van der Waals surface area contributed by atoms with Crippen LogP contribution in [0.5, 0.6) is 0 Å². The minimum Gasteiger partial charge on any atom is -0.361 e. The second kappa shape index (κ2) is 13.4. The maximum atomic E-state index is 14.0. The average Bonchev–Trinajstić information content (AvgIpc) is 3.39. The van der Waals surface area contributed by atoms with E-state index in [2.05, 4.69) is 20.1 Å². The Labute approximate surface area is 243 Å². The smallest absolute Gasteiger partial charge is 0.252 e. The molecule has 3 amide bonds. The predicted octanol–water partition coefficient (Wildman–Crippen LogP) is 4.03. The predicted molar refractivity (Wildman–Crippen MR) is 161 cm³/mol. The van der Waals surface area contributed by atoms with E-state index in [1.165, 1.54) is 43.9 Å². The number of H-pyrrole nitrogens is 1. The molecule has 218 valence electrons. The first-order valence-corrected chi connectivity index (χ1v) is 15.1. The number of para-hydroxylation sites is 1. The van der Waals surface area contributed by atoms with E-state index in [-0.39, 0.29) is 30.8 Å². The van der Waals surface area contributed by atoms with Crippen molar-refractivity contribution in [3.63, 3.8) is 0 Å². The zero-order valence-electron chi connectivity index (χ0n) is 24.4. The molecule has 2 aromatic carbocycles. The molecule has 1 aliphatic heterocycles. The third-order valence-electron chi connectivity index (χ3n) is 8.83. The number of amides is 3. The van der Waals surface area contributed by atoms with Crippen LogP contribution in [-0.2, 0) is 27.3 Å². The van der Waals surface area contributed by atoms with Gasteiger partial charge in [0, 0.05) is 62.7 Å². The zero-order valence-corrected chi connectivity index (χ0v) is 24.4. The Balaban J connectivity index is 1.29. The molecule has 2 fully saturated rings. The van der Waals surface area contributed by atoms with Crippen LogP contribution in [0, 0.1) is 6.92 Å². The molecule has 2 N–H and O–H groups in total. The van der Waals surface area contributed by atoms with Crippen molar-refractivity contribution in [1.82, 2.24) is 25.0 Å². The summed E-state index contributed by atoms with van der Waals surface area (Å²) in [7, 11) is 0. The van der Waals surface area contributed by atoms with Gasteiger partial charge in [-0.15, -0.1) is 0 Å². The number of aromatic amines is 1. The minimum atomic E-state index is -0.863. The van der Waals surface area contributed by atoms with E-state index in [0.717, 1.165) is 53.8 Å². The molecule has 1 aromatic heterocycles. The zero-order chi connectivity index (χ0) is 28.8. The summed E-state index contributed by atoms with van der Waals surface area (Å²) < 4.78 is 0. The van der Waals surface area contributed by atoms with Crippen molar-refractivity contribution in [2.45, 2.75) is 71.0 Å². The van der Waals surface area contributed by atoms with Crippen LogP contribution in [0.15, 0.2) is 54.7 Å². The highest BCUT2D eigenvalue weighted by molar-refractivity contribution is 5.99. The summed E-state index contributed by atoms with van der Waals surface area (Å²) in [4.78, 5) is 49.4. The summed E-state index contributed by atoms with van der Waals surface area (Å²) in [5.41, 5.74) is 3.82. The molecule has 8 heteroatoms. The van der Waals surface area contributed by atoms with E-state index >= 15 is 0 Å². The molecule has 2 heterocycles. The maximum absolute atomic E-state index is 14.0. The summed E-state index contributed by atoms with van der Waals surface area (Å²) in [5.74, 6) is -0.912. The van der Waals surface area contributed by atoms with Gasteiger partial charge in [0.1, 0.15) is 6.04 Å². The fourth-order valence-electron chi connectivity index (χ4n) is 6.39. The average molecular weight is 558 g/mol. The monoisotopic (exact) mass is 557 g/mol. The number of aryl methyl sites for hydroxylation is 1. The van der Waals surface area contributed by atoms with Gasteiger partial charge >= 0.3 is 0 Å². The first kappa shape index (κ1) is 29.0. The molecule has 5 rings (SSSR count). The van der Waals surface area contributed by atoms with Crippen molar-refractivity contribution in [1.29, 1.82) is 0 Å². The fourth-order valence-corrected chi connectivity index (χ4v) is 6.39. The number of nitrogens with zero attached hydrogens (tertiary/aromatic N) is 3. The van der Waals surface area contributed by atoms with Gasteiger partial charge in [-0.25, -0.2) is 0 Å². The topological polar surface area (TPSA) is 88.8 Å². The van der Waals surface area contributed by atoms with E-state index in [0.29, 0.717) is 12.5 Å². The van der Waals surface area contributed by atoms with E-state index < -0.39 is 6.04 Å². The van der Waals surface area contributed by atoms with Crippen LogP contribution in [0.3, 0.4) is 0 Å². The van der Waals surface area contributed by atoms with Gasteiger partial charge in [-0.3, -0.25) is 29.1 Å². The van der Waals surface area contributed by atoms with E-state index in [1.54, 1.807) is 0 Å². The highest BCUT2D eigenvalue weighted by Gasteiger charge is 2.31. The number of nitrogens with one attached hydrogen (secondary N) is 2. The quantitative estimate of drug-likeness (QED) is 0.415. The second-order valence-corrected chi connectivity index (χ2v) is 11.7.